The molecule has 4 heterocycles. The second kappa shape index (κ2) is 7.88. The predicted molar refractivity (Wildman–Crippen MR) is 154 cm³/mol. The zero-order chi connectivity index (χ0) is 24.3. The summed E-state index contributed by atoms with van der Waals surface area (Å²) in [5.74, 6) is 0. The molecule has 37 heavy (non-hydrogen) atoms. The Labute approximate surface area is 216 Å². The van der Waals surface area contributed by atoms with Crippen LogP contribution < -0.4 is 0 Å². The third-order valence-electron chi connectivity index (χ3n) is 7.13. The minimum Gasteiger partial charge on any atom is -0.308 e. The van der Waals surface area contributed by atoms with Crippen molar-refractivity contribution in [3.05, 3.63) is 122 Å². The second-order valence-corrected chi connectivity index (χ2v) is 10.1. The van der Waals surface area contributed by atoms with E-state index in [1.165, 1.54) is 43.6 Å². The molecule has 0 unspecified atom stereocenters. The molecule has 0 spiro atoms. The van der Waals surface area contributed by atoms with Gasteiger partial charge in [0.25, 0.3) is 0 Å². The maximum absolute atomic E-state index is 4.80. The zero-order valence-electron chi connectivity index (χ0n) is 19.7. The number of para-hydroxylation sites is 2. The molecule has 0 N–H and O–H groups in total. The summed E-state index contributed by atoms with van der Waals surface area (Å²) in [6, 6.07) is 36.4. The zero-order valence-corrected chi connectivity index (χ0v) is 20.6. The van der Waals surface area contributed by atoms with Gasteiger partial charge in [-0.1, -0.05) is 84.1 Å². The second-order valence-electron chi connectivity index (χ2n) is 9.14. The van der Waals surface area contributed by atoms with E-state index < -0.39 is 0 Å². The van der Waals surface area contributed by atoms with Crippen molar-refractivity contribution in [2.24, 2.45) is 0 Å². The minimum absolute atomic E-state index is 1.02. The molecule has 0 saturated heterocycles. The van der Waals surface area contributed by atoms with Crippen LogP contribution in [0, 0.1) is 0 Å². The van der Waals surface area contributed by atoms with E-state index in [2.05, 4.69) is 111 Å². The van der Waals surface area contributed by atoms with Crippen molar-refractivity contribution in [1.82, 2.24) is 19.1 Å². The van der Waals surface area contributed by atoms with Crippen molar-refractivity contribution in [2.75, 3.05) is 0 Å². The van der Waals surface area contributed by atoms with Gasteiger partial charge in [0.15, 0.2) is 0 Å². The Morgan fingerprint density at radius 2 is 1.27 bits per heavy atom. The molecule has 4 aromatic carbocycles. The average Bonchev–Trinajstić information content (AvgIpc) is 3.66. The molecule has 0 aliphatic rings. The normalized spacial score (nSPS) is 11.8. The van der Waals surface area contributed by atoms with E-state index in [4.69, 9.17) is 4.98 Å². The van der Waals surface area contributed by atoms with Gasteiger partial charge in [0, 0.05) is 45.2 Å². The van der Waals surface area contributed by atoms with E-state index in [-0.39, 0.29) is 0 Å². The summed E-state index contributed by atoms with van der Waals surface area (Å²) in [7, 11) is 0. The highest BCUT2D eigenvalue weighted by atomic mass is 32.1. The van der Waals surface area contributed by atoms with Crippen LogP contribution >= 0.6 is 11.3 Å². The lowest BCUT2D eigenvalue weighted by atomic mass is 10.1. The first-order valence-corrected chi connectivity index (χ1v) is 13.1. The van der Waals surface area contributed by atoms with Crippen molar-refractivity contribution in [1.29, 1.82) is 0 Å². The van der Waals surface area contributed by atoms with Crippen molar-refractivity contribution in [3.8, 4) is 21.3 Å². The quantitative estimate of drug-likeness (QED) is 0.248. The molecule has 0 atom stereocenters. The summed E-state index contributed by atoms with van der Waals surface area (Å²) < 4.78 is 4.75. The Morgan fingerprint density at radius 1 is 0.568 bits per heavy atom. The van der Waals surface area contributed by atoms with Gasteiger partial charge in [-0.25, -0.2) is 4.98 Å². The summed E-state index contributed by atoms with van der Waals surface area (Å²) in [5.41, 5.74) is 7.01. The molecule has 5 heteroatoms. The maximum atomic E-state index is 4.80. The van der Waals surface area contributed by atoms with Gasteiger partial charge >= 0.3 is 0 Å². The average molecular weight is 493 g/mol. The van der Waals surface area contributed by atoms with Crippen LogP contribution in [0.25, 0.3) is 64.9 Å². The van der Waals surface area contributed by atoms with Gasteiger partial charge in [-0.15, -0.1) is 0 Å². The van der Waals surface area contributed by atoms with Gasteiger partial charge in [-0.3, -0.25) is 9.55 Å². The van der Waals surface area contributed by atoms with E-state index in [1.54, 1.807) is 11.3 Å². The first-order chi connectivity index (χ1) is 18.4. The number of aromatic nitrogens is 4. The van der Waals surface area contributed by atoms with Gasteiger partial charge in [0.2, 0.25) is 0 Å². The van der Waals surface area contributed by atoms with Crippen LogP contribution in [0.1, 0.15) is 0 Å². The molecular formula is C32H20N4S. The monoisotopic (exact) mass is 492 g/mol. The molecule has 0 saturated carbocycles. The highest BCUT2D eigenvalue weighted by Gasteiger charge is 2.21. The summed E-state index contributed by atoms with van der Waals surface area (Å²) in [5, 5.41) is 7.10. The molecule has 0 aliphatic carbocycles. The van der Waals surface area contributed by atoms with Crippen molar-refractivity contribution >= 4 is 54.9 Å². The minimum atomic E-state index is 1.02. The summed E-state index contributed by atoms with van der Waals surface area (Å²) in [6.45, 7) is 0. The number of hydrogen-bond donors (Lipinski definition) is 0. The third-order valence-corrected chi connectivity index (χ3v) is 8.16. The topological polar surface area (TPSA) is 35.6 Å². The third kappa shape index (κ3) is 2.95. The number of fused-ring (bicyclic) bond motifs is 7. The number of thiazole rings is 1. The fourth-order valence-corrected chi connectivity index (χ4v) is 6.54. The van der Waals surface area contributed by atoms with Crippen LogP contribution in [0.5, 0.6) is 0 Å². The van der Waals surface area contributed by atoms with E-state index >= 15 is 0 Å². The molecule has 0 amide bonds. The van der Waals surface area contributed by atoms with Crippen LogP contribution in [0.15, 0.2) is 122 Å². The molecule has 8 rings (SSSR count). The number of nitrogens with zero attached hydrogens (tertiary/aromatic N) is 4. The standard InChI is InChI=1S/C32H20N4S/c1-2-8-21(9-3-1)32-34-20-29(37-32)36-27-13-7-5-11-25(27)30-28(36)15-14-24-23-10-4-6-12-26(23)35(31(24)30)22-16-18-33-19-17-22/h1-20H. The Hall–Kier alpha value is -4.74. The molecule has 8 aromatic rings. The van der Waals surface area contributed by atoms with Crippen LogP contribution in [-0.4, -0.2) is 19.1 Å². The SMILES string of the molecule is c1ccc(-c2ncc(-n3c4ccccc4c4c3ccc3c5ccccc5n(-c5ccncc5)c34)s2)cc1. The van der Waals surface area contributed by atoms with Crippen LogP contribution in [0.3, 0.4) is 0 Å². The van der Waals surface area contributed by atoms with E-state index in [0.717, 1.165) is 21.3 Å². The molecule has 0 aliphatic heterocycles. The van der Waals surface area contributed by atoms with Gasteiger partial charge in [-0.05, 0) is 30.3 Å². The van der Waals surface area contributed by atoms with E-state index in [0.29, 0.717) is 0 Å². The van der Waals surface area contributed by atoms with E-state index in [9.17, 15) is 0 Å². The van der Waals surface area contributed by atoms with Crippen molar-refractivity contribution < 1.29 is 0 Å². The molecule has 0 bridgehead atoms. The first kappa shape index (κ1) is 20.5. The number of benzene rings is 4. The summed E-state index contributed by atoms with van der Waals surface area (Å²) in [6.07, 6.45) is 5.73. The number of pyridine rings is 1. The van der Waals surface area contributed by atoms with Crippen LogP contribution in [0.4, 0.5) is 0 Å². The molecule has 174 valence electrons. The molecular weight excluding hydrogens is 472 g/mol. The van der Waals surface area contributed by atoms with E-state index in [1.807, 2.05) is 24.7 Å². The van der Waals surface area contributed by atoms with Crippen molar-refractivity contribution in [3.63, 3.8) is 0 Å². The van der Waals surface area contributed by atoms with Crippen molar-refractivity contribution in [2.45, 2.75) is 0 Å². The number of hydrogen-bond acceptors (Lipinski definition) is 3. The number of rotatable bonds is 3. The van der Waals surface area contributed by atoms with Gasteiger partial charge in [-0.2, -0.15) is 0 Å². The fraction of sp³-hybridized carbons (Fsp3) is 0. The summed E-state index contributed by atoms with van der Waals surface area (Å²) >= 11 is 1.72. The largest absolute Gasteiger partial charge is 0.308 e. The Morgan fingerprint density at radius 3 is 2.08 bits per heavy atom. The highest BCUT2D eigenvalue weighted by molar-refractivity contribution is 7.17. The molecule has 0 fully saturated rings. The predicted octanol–water partition coefficient (Wildman–Crippen LogP) is 8.40. The summed E-state index contributed by atoms with van der Waals surface area (Å²) in [4.78, 5) is 9.08. The molecule has 0 radical (unpaired) electrons. The Kier molecular flexibility index (Phi) is 4.36. The lowest BCUT2D eigenvalue weighted by molar-refractivity contribution is 1.16. The molecule has 4 aromatic heterocycles. The van der Waals surface area contributed by atoms with Gasteiger partial charge in [0.05, 0.1) is 28.3 Å². The highest BCUT2D eigenvalue weighted by Crippen LogP contribution is 2.42. The Bertz CT molecular complexity index is 2080. The first-order valence-electron chi connectivity index (χ1n) is 12.3. The fourth-order valence-electron chi connectivity index (χ4n) is 5.59. The lowest BCUT2D eigenvalue weighted by Crippen LogP contribution is -1.94. The smallest absolute Gasteiger partial charge is 0.125 e. The van der Waals surface area contributed by atoms with Gasteiger partial charge < -0.3 is 4.57 Å². The molecule has 4 nitrogen and oxygen atoms in total. The lowest BCUT2D eigenvalue weighted by Gasteiger charge is -2.09. The Balaban J connectivity index is 1.52. The van der Waals surface area contributed by atoms with Crippen LogP contribution in [0.2, 0.25) is 0 Å². The van der Waals surface area contributed by atoms with Gasteiger partial charge in [0.1, 0.15) is 10.0 Å². The van der Waals surface area contributed by atoms with Crippen LogP contribution in [-0.2, 0) is 0 Å². The maximum Gasteiger partial charge on any atom is 0.125 e.